The Kier molecular flexibility index (Phi) is 8.41. The maximum atomic E-state index is 12.6. The number of hydrogen-bond acceptors (Lipinski definition) is 10. The van der Waals surface area contributed by atoms with Gasteiger partial charge in [-0.25, -0.2) is 14.8 Å². The van der Waals surface area contributed by atoms with Gasteiger partial charge in [-0.3, -0.25) is 9.59 Å². The van der Waals surface area contributed by atoms with E-state index in [0.717, 1.165) is 0 Å². The number of nitrogens with one attached hydrogen (secondary N) is 3. The first-order valence-electron chi connectivity index (χ1n) is 12.1. The molecular formula is C26H27N9O4. The number of amides is 2. The van der Waals surface area contributed by atoms with Crippen LogP contribution in [0.4, 0.5) is 17.5 Å². The predicted octanol–water partition coefficient (Wildman–Crippen LogP) is 1.59. The van der Waals surface area contributed by atoms with Crippen LogP contribution in [0.1, 0.15) is 39.3 Å². The van der Waals surface area contributed by atoms with Crippen LogP contribution in [0.5, 0.6) is 0 Å². The Hall–Kier alpha value is -5.33. The first-order valence-corrected chi connectivity index (χ1v) is 12.1. The molecule has 2 aromatic carbocycles. The number of benzene rings is 2. The Bertz CT molecular complexity index is 1480. The summed E-state index contributed by atoms with van der Waals surface area (Å²) in [4.78, 5) is 52.9. The van der Waals surface area contributed by atoms with Gasteiger partial charge in [0.05, 0.1) is 18.4 Å². The smallest absolute Gasteiger partial charge is 0.326 e. The fraction of sp³-hybridized carbons (Fsp3) is 0.192. The molecule has 1 unspecified atom stereocenters. The van der Waals surface area contributed by atoms with Crippen molar-refractivity contribution in [3.8, 4) is 0 Å². The normalized spacial score (nSPS) is 11.5. The number of aromatic nitrogens is 4. The van der Waals surface area contributed by atoms with E-state index < -0.39 is 17.9 Å². The van der Waals surface area contributed by atoms with Crippen LogP contribution in [0.25, 0.3) is 11.2 Å². The lowest BCUT2D eigenvalue weighted by Crippen LogP contribution is -2.41. The Morgan fingerprint density at radius 1 is 0.897 bits per heavy atom. The third-order valence-corrected chi connectivity index (χ3v) is 5.72. The molecule has 0 bridgehead atoms. The zero-order valence-corrected chi connectivity index (χ0v) is 20.8. The highest BCUT2D eigenvalue weighted by molar-refractivity contribution is 5.97. The molecule has 13 nitrogen and oxygen atoms in total. The summed E-state index contributed by atoms with van der Waals surface area (Å²) in [7, 11) is 0. The minimum atomic E-state index is -1.15. The van der Waals surface area contributed by atoms with E-state index in [1.165, 1.54) is 0 Å². The van der Waals surface area contributed by atoms with Crippen molar-refractivity contribution in [3.63, 3.8) is 0 Å². The third kappa shape index (κ3) is 7.13. The summed E-state index contributed by atoms with van der Waals surface area (Å²) in [5.74, 6) is -1.75. The second-order valence-corrected chi connectivity index (χ2v) is 8.56. The number of carboxylic acid groups (broad SMARTS) is 1. The summed E-state index contributed by atoms with van der Waals surface area (Å²) < 4.78 is 0. The summed E-state index contributed by atoms with van der Waals surface area (Å²) >= 11 is 0. The molecule has 0 saturated heterocycles. The van der Waals surface area contributed by atoms with Gasteiger partial charge in [-0.1, -0.05) is 18.2 Å². The van der Waals surface area contributed by atoms with Gasteiger partial charge in [0.1, 0.15) is 6.04 Å². The molecule has 200 valence electrons. The molecule has 13 heteroatoms. The molecular weight excluding hydrogens is 502 g/mol. The molecule has 4 aromatic rings. The highest BCUT2D eigenvalue weighted by Crippen LogP contribution is 2.16. The van der Waals surface area contributed by atoms with Crippen molar-refractivity contribution < 1.29 is 19.5 Å². The molecule has 4 rings (SSSR count). The average molecular weight is 530 g/mol. The van der Waals surface area contributed by atoms with E-state index in [0.29, 0.717) is 46.6 Å². The molecule has 0 aliphatic rings. The lowest BCUT2D eigenvalue weighted by Gasteiger charge is -2.15. The minimum absolute atomic E-state index is 0.0197. The van der Waals surface area contributed by atoms with E-state index in [1.807, 2.05) is 6.07 Å². The first-order chi connectivity index (χ1) is 18.8. The highest BCUT2D eigenvalue weighted by atomic mass is 16.4. The monoisotopic (exact) mass is 529 g/mol. The summed E-state index contributed by atoms with van der Waals surface area (Å²) in [6.45, 7) is 0.600. The number of fused-ring (bicyclic) bond motifs is 1. The number of nitrogens with zero attached hydrogens (tertiary/aromatic N) is 4. The third-order valence-electron chi connectivity index (χ3n) is 5.72. The molecule has 2 heterocycles. The summed E-state index contributed by atoms with van der Waals surface area (Å²) in [5.41, 5.74) is 14.2. The van der Waals surface area contributed by atoms with Crippen molar-refractivity contribution >= 4 is 46.4 Å². The summed E-state index contributed by atoms with van der Waals surface area (Å²) in [6.07, 6.45) is 2.08. The first kappa shape index (κ1) is 26.7. The zero-order chi connectivity index (χ0) is 27.8. The molecule has 39 heavy (non-hydrogen) atoms. The second-order valence-electron chi connectivity index (χ2n) is 8.56. The van der Waals surface area contributed by atoms with Gasteiger partial charge in [-0.05, 0) is 49.2 Å². The van der Waals surface area contributed by atoms with E-state index in [1.54, 1.807) is 54.7 Å². The fourth-order valence-electron chi connectivity index (χ4n) is 3.70. The van der Waals surface area contributed by atoms with E-state index in [9.17, 15) is 19.5 Å². The molecule has 0 spiro atoms. The molecule has 0 aliphatic heterocycles. The lowest BCUT2D eigenvalue weighted by molar-refractivity contribution is -0.139. The van der Waals surface area contributed by atoms with Crippen LogP contribution in [0.3, 0.4) is 0 Å². The Labute approximate surface area is 223 Å². The van der Waals surface area contributed by atoms with Crippen LogP contribution in [-0.4, -0.2) is 55.4 Å². The van der Waals surface area contributed by atoms with Crippen molar-refractivity contribution in [1.82, 2.24) is 30.6 Å². The number of carbonyl (C=O) groups is 3. The van der Waals surface area contributed by atoms with Crippen molar-refractivity contribution in [3.05, 3.63) is 77.6 Å². The number of anilines is 3. The molecule has 0 aliphatic carbocycles. The van der Waals surface area contributed by atoms with Crippen LogP contribution < -0.4 is 27.4 Å². The van der Waals surface area contributed by atoms with Crippen molar-refractivity contribution in [2.45, 2.75) is 25.4 Å². The second kappa shape index (κ2) is 12.3. The lowest BCUT2D eigenvalue weighted by atomic mass is 10.1. The van der Waals surface area contributed by atoms with Gasteiger partial charge in [0, 0.05) is 23.4 Å². The minimum Gasteiger partial charge on any atom is -0.480 e. The Balaban J connectivity index is 1.27. The number of carbonyl (C=O) groups excluding carboxylic acids is 2. The molecule has 8 N–H and O–H groups in total. The number of aliphatic carboxylic acids is 1. The average Bonchev–Trinajstić information content (AvgIpc) is 2.94. The maximum absolute atomic E-state index is 12.6. The van der Waals surface area contributed by atoms with Crippen LogP contribution in [0.2, 0.25) is 0 Å². The predicted molar refractivity (Wildman–Crippen MR) is 145 cm³/mol. The van der Waals surface area contributed by atoms with E-state index in [2.05, 4.69) is 35.9 Å². The molecule has 0 radical (unpaired) electrons. The number of rotatable bonds is 11. The van der Waals surface area contributed by atoms with Crippen molar-refractivity contribution in [2.24, 2.45) is 0 Å². The van der Waals surface area contributed by atoms with Crippen LogP contribution in [0.15, 0.2) is 60.8 Å². The Morgan fingerprint density at radius 3 is 2.33 bits per heavy atom. The van der Waals surface area contributed by atoms with Gasteiger partial charge >= 0.3 is 5.97 Å². The SMILES string of the molecule is Nc1nc(N)c2nc(CNc3ccc(C(=O)NC(CCCNC(=O)c4ccccc4)C(=O)O)cc3)cnc2n1. The van der Waals surface area contributed by atoms with Gasteiger partial charge in [-0.2, -0.15) is 9.97 Å². The van der Waals surface area contributed by atoms with Gasteiger partial charge in [0.15, 0.2) is 17.0 Å². The highest BCUT2D eigenvalue weighted by Gasteiger charge is 2.20. The number of carboxylic acids is 1. The van der Waals surface area contributed by atoms with Crippen LogP contribution in [-0.2, 0) is 11.3 Å². The van der Waals surface area contributed by atoms with Gasteiger partial charge in [-0.15, -0.1) is 0 Å². The number of nitrogens with two attached hydrogens (primary N) is 2. The molecule has 1 atom stereocenters. The zero-order valence-electron chi connectivity index (χ0n) is 20.8. The Morgan fingerprint density at radius 2 is 1.62 bits per heavy atom. The largest absolute Gasteiger partial charge is 0.480 e. The van der Waals surface area contributed by atoms with Crippen molar-refractivity contribution in [2.75, 3.05) is 23.3 Å². The maximum Gasteiger partial charge on any atom is 0.326 e. The van der Waals surface area contributed by atoms with Crippen molar-refractivity contribution in [1.29, 1.82) is 0 Å². The summed E-state index contributed by atoms with van der Waals surface area (Å²) in [6, 6.07) is 14.2. The molecule has 0 saturated carbocycles. The van der Waals surface area contributed by atoms with E-state index in [4.69, 9.17) is 11.5 Å². The molecule has 0 fully saturated rings. The fourth-order valence-corrected chi connectivity index (χ4v) is 3.70. The van der Waals surface area contributed by atoms with Gasteiger partial charge in [0.25, 0.3) is 11.8 Å². The van der Waals surface area contributed by atoms with Crippen LogP contribution >= 0.6 is 0 Å². The number of nitrogen functional groups attached to an aromatic ring is 2. The van der Waals surface area contributed by atoms with Gasteiger partial charge in [0.2, 0.25) is 5.95 Å². The molecule has 2 aromatic heterocycles. The summed E-state index contributed by atoms with van der Waals surface area (Å²) in [5, 5.41) is 18.0. The molecule has 2 amide bonds. The quantitative estimate of drug-likeness (QED) is 0.154. The van der Waals surface area contributed by atoms with Crippen LogP contribution in [0, 0.1) is 0 Å². The van der Waals surface area contributed by atoms with E-state index >= 15 is 0 Å². The number of hydrogen-bond donors (Lipinski definition) is 6. The standard InChI is InChI=1S/C26H27N9O4/c27-21-20-22(35-26(28)34-21)31-14-18(32-20)13-30-17-10-8-16(9-11-17)24(37)33-19(25(38)39)7-4-12-29-23(36)15-5-2-1-3-6-15/h1-3,5-6,8-11,14,19,30H,4,7,12-13H2,(H,29,36)(H,33,37)(H,38,39)(H4,27,28,31,34,35). The van der Waals surface area contributed by atoms with Gasteiger partial charge < -0.3 is 32.5 Å². The topological polar surface area (TPSA) is 211 Å². The van der Waals surface area contributed by atoms with E-state index in [-0.39, 0.29) is 30.6 Å².